The first-order valence-electron chi connectivity index (χ1n) is 7.35. The van der Waals surface area contributed by atoms with Gasteiger partial charge in [-0.1, -0.05) is 60.4 Å². The molecule has 1 aliphatic rings. The number of anilines is 2. The highest BCUT2D eigenvalue weighted by molar-refractivity contribution is 8.26. The maximum absolute atomic E-state index is 12.5. The second-order valence-electron chi connectivity index (χ2n) is 5.18. The number of thioether (sulfide) groups is 1. The van der Waals surface area contributed by atoms with Crippen molar-refractivity contribution in [1.29, 1.82) is 0 Å². The molecule has 2 N–H and O–H groups in total. The van der Waals surface area contributed by atoms with Crippen LogP contribution in [0.4, 0.5) is 11.4 Å². The van der Waals surface area contributed by atoms with Gasteiger partial charge < -0.3 is 15.8 Å². The molecule has 1 amide bonds. The minimum absolute atomic E-state index is 0.0966. The molecule has 0 atom stereocenters. The molecule has 6 nitrogen and oxygen atoms in total. The predicted octanol–water partition coefficient (Wildman–Crippen LogP) is 3.65. The number of hydrogen-bond donors (Lipinski definition) is 2. The van der Waals surface area contributed by atoms with Gasteiger partial charge in [-0.3, -0.25) is 14.9 Å². The number of nitrogens with zero attached hydrogens (tertiary/aromatic N) is 2. The highest BCUT2D eigenvalue weighted by Crippen LogP contribution is 2.32. The highest BCUT2D eigenvalue weighted by Gasteiger charge is 2.31. The maximum Gasteiger partial charge on any atom is 0.267 e. The molecule has 2 aromatic carbocycles. The fourth-order valence-electron chi connectivity index (χ4n) is 2.24. The molecule has 25 heavy (non-hydrogen) atoms. The number of benzene rings is 2. The van der Waals surface area contributed by atoms with Gasteiger partial charge in [-0.15, -0.1) is 0 Å². The first-order valence-corrected chi connectivity index (χ1v) is 8.57. The van der Waals surface area contributed by atoms with E-state index in [-0.39, 0.29) is 23.5 Å². The molecule has 2 aromatic rings. The summed E-state index contributed by atoms with van der Waals surface area (Å²) in [5.41, 5.74) is 1.62. The van der Waals surface area contributed by atoms with Crippen LogP contribution >= 0.6 is 24.0 Å². The number of rotatable bonds is 5. The Balaban J connectivity index is 1.69. The van der Waals surface area contributed by atoms with Crippen molar-refractivity contribution in [3.05, 3.63) is 70.3 Å². The van der Waals surface area contributed by atoms with E-state index >= 15 is 0 Å². The summed E-state index contributed by atoms with van der Waals surface area (Å²) in [6.45, 7) is 0.171. The lowest BCUT2D eigenvalue weighted by atomic mass is 10.2. The van der Waals surface area contributed by atoms with Crippen LogP contribution in [0.5, 0.6) is 0 Å². The topological polar surface area (TPSA) is 78.9 Å². The predicted molar refractivity (Wildman–Crippen MR) is 104 cm³/mol. The molecule has 0 spiro atoms. The molecule has 0 aliphatic carbocycles. The molecule has 1 aliphatic heterocycles. The summed E-state index contributed by atoms with van der Waals surface area (Å²) >= 11 is 6.53. The van der Waals surface area contributed by atoms with Crippen LogP contribution in [0.15, 0.2) is 59.5 Å². The van der Waals surface area contributed by atoms with E-state index in [1.807, 2.05) is 30.3 Å². The van der Waals surface area contributed by atoms with Gasteiger partial charge in [0.1, 0.15) is 4.32 Å². The Morgan fingerprint density at radius 2 is 2.00 bits per heavy atom. The van der Waals surface area contributed by atoms with Crippen LogP contribution in [0.3, 0.4) is 0 Å². The molecule has 128 valence electrons. The van der Waals surface area contributed by atoms with Crippen LogP contribution in [0, 0.1) is 5.21 Å². The zero-order valence-electron chi connectivity index (χ0n) is 13.0. The van der Waals surface area contributed by atoms with Gasteiger partial charge in [0, 0.05) is 5.69 Å². The van der Waals surface area contributed by atoms with Crippen molar-refractivity contribution < 1.29 is 10.0 Å². The highest BCUT2D eigenvalue weighted by atomic mass is 32.2. The van der Waals surface area contributed by atoms with Gasteiger partial charge in [-0.05, 0) is 29.8 Å². The minimum atomic E-state index is -0.215. The van der Waals surface area contributed by atoms with Crippen LogP contribution in [-0.2, 0) is 4.79 Å². The first-order chi connectivity index (χ1) is 12.0. The summed E-state index contributed by atoms with van der Waals surface area (Å²) in [4.78, 5) is 14.5. The van der Waals surface area contributed by atoms with Gasteiger partial charge >= 0.3 is 0 Å². The summed E-state index contributed by atoms with van der Waals surface area (Å²) < 4.78 is 0.462. The Bertz CT molecular complexity index is 825. The van der Waals surface area contributed by atoms with E-state index in [4.69, 9.17) is 17.4 Å². The molecule has 8 heteroatoms. The quantitative estimate of drug-likeness (QED) is 0.471. The third-order valence-electron chi connectivity index (χ3n) is 3.48. The van der Waals surface area contributed by atoms with Gasteiger partial charge in [0.05, 0.1) is 17.3 Å². The van der Waals surface area contributed by atoms with Crippen molar-refractivity contribution >= 4 is 51.7 Å². The van der Waals surface area contributed by atoms with Crippen LogP contribution < -0.4 is 10.5 Å². The number of amides is 1. The summed E-state index contributed by atoms with van der Waals surface area (Å²) in [7, 11) is 0. The molecule has 1 heterocycles. The van der Waals surface area contributed by atoms with E-state index in [1.165, 1.54) is 28.8 Å². The number of carbonyl (C=O) groups excluding carboxylic acids is 1. The standard InChI is InChI=1S/C17H14N3O3S2/c21-16-15(9-12-5-2-1-3-6-12)25-17(24)19(16)11-18-13-7-4-8-14(10-13)20(22)23/h1-10,18,22H,11H2/q-1. The molecule has 0 unspecified atom stereocenters. The average Bonchev–Trinajstić information content (AvgIpc) is 2.87. The van der Waals surface area contributed by atoms with Gasteiger partial charge in [-0.2, -0.15) is 0 Å². The van der Waals surface area contributed by atoms with E-state index in [2.05, 4.69) is 5.32 Å². The van der Waals surface area contributed by atoms with Crippen molar-refractivity contribution in [2.24, 2.45) is 0 Å². The molecule has 0 aromatic heterocycles. The lowest BCUT2D eigenvalue weighted by molar-refractivity contribution is -0.121. The summed E-state index contributed by atoms with van der Waals surface area (Å²) in [5, 5.41) is 22.7. The van der Waals surface area contributed by atoms with E-state index < -0.39 is 0 Å². The molecule has 3 rings (SSSR count). The fourth-order valence-corrected chi connectivity index (χ4v) is 3.50. The van der Waals surface area contributed by atoms with Crippen LogP contribution in [-0.4, -0.2) is 27.0 Å². The SMILES string of the molecule is O=C1C(=Cc2ccccc2)SC(=S)N1CNc1cccc(N([O-])O)c1. The Morgan fingerprint density at radius 3 is 2.72 bits per heavy atom. The Hall–Kier alpha value is -2.39. The molecule has 0 saturated carbocycles. The third kappa shape index (κ3) is 4.18. The smallest absolute Gasteiger partial charge is 0.267 e. The Labute approximate surface area is 154 Å². The normalized spacial score (nSPS) is 15.8. The van der Waals surface area contributed by atoms with Gasteiger partial charge in [0.15, 0.2) is 0 Å². The van der Waals surface area contributed by atoms with E-state index in [0.29, 0.717) is 14.9 Å². The van der Waals surface area contributed by atoms with Gasteiger partial charge in [0.25, 0.3) is 5.91 Å². The zero-order chi connectivity index (χ0) is 17.8. The molecule has 1 saturated heterocycles. The zero-order valence-corrected chi connectivity index (χ0v) is 14.6. The van der Waals surface area contributed by atoms with Crippen LogP contribution in [0.1, 0.15) is 5.56 Å². The van der Waals surface area contributed by atoms with Crippen molar-refractivity contribution in [3.8, 4) is 0 Å². The van der Waals surface area contributed by atoms with Crippen LogP contribution in [0.25, 0.3) is 6.08 Å². The van der Waals surface area contributed by atoms with Gasteiger partial charge in [-0.25, -0.2) is 0 Å². The maximum atomic E-state index is 12.5. The molecule has 0 bridgehead atoms. The lowest BCUT2D eigenvalue weighted by Crippen LogP contribution is -2.33. The van der Waals surface area contributed by atoms with E-state index in [1.54, 1.807) is 18.2 Å². The van der Waals surface area contributed by atoms with E-state index in [0.717, 1.165) is 5.56 Å². The average molecular weight is 372 g/mol. The minimum Gasteiger partial charge on any atom is -0.733 e. The summed E-state index contributed by atoms with van der Waals surface area (Å²) in [6.07, 6.45) is 1.81. The number of hydrogen-bond acceptors (Lipinski definition) is 7. The summed E-state index contributed by atoms with van der Waals surface area (Å²) in [6, 6.07) is 15.9. The fraction of sp³-hybridized carbons (Fsp3) is 0.0588. The number of carbonyl (C=O) groups is 1. The lowest BCUT2D eigenvalue weighted by Gasteiger charge is -2.22. The second kappa shape index (κ2) is 7.66. The monoisotopic (exact) mass is 372 g/mol. The second-order valence-corrected chi connectivity index (χ2v) is 6.85. The van der Waals surface area contributed by atoms with E-state index in [9.17, 15) is 10.0 Å². The van der Waals surface area contributed by atoms with Crippen LogP contribution in [0.2, 0.25) is 0 Å². The number of thiocarbonyl (C=S) groups is 1. The number of nitrogens with one attached hydrogen (secondary N) is 1. The third-order valence-corrected chi connectivity index (χ3v) is 4.86. The molecule has 0 radical (unpaired) electrons. The van der Waals surface area contributed by atoms with Gasteiger partial charge in [0.2, 0.25) is 0 Å². The molecule has 1 fully saturated rings. The van der Waals surface area contributed by atoms with Crippen molar-refractivity contribution in [2.75, 3.05) is 17.2 Å². The molecular weight excluding hydrogens is 358 g/mol. The van der Waals surface area contributed by atoms with Crippen molar-refractivity contribution in [1.82, 2.24) is 4.90 Å². The Morgan fingerprint density at radius 1 is 1.24 bits per heavy atom. The summed E-state index contributed by atoms with van der Waals surface area (Å²) in [5.74, 6) is -0.171. The largest absolute Gasteiger partial charge is 0.733 e. The van der Waals surface area contributed by atoms with Crippen molar-refractivity contribution in [2.45, 2.75) is 0 Å². The molecular formula is C17H14N3O3S2-. The Kier molecular flexibility index (Phi) is 5.34. The van der Waals surface area contributed by atoms with Crippen molar-refractivity contribution in [3.63, 3.8) is 0 Å². The first kappa shape index (κ1) is 17.4.